The van der Waals surface area contributed by atoms with Gasteiger partial charge in [0.2, 0.25) is 5.91 Å². The number of nitrogens with zero attached hydrogens (tertiary/aromatic N) is 2. The molecular weight excluding hydrogens is 254 g/mol. The van der Waals surface area contributed by atoms with E-state index >= 15 is 0 Å². The van der Waals surface area contributed by atoms with Gasteiger partial charge in [0.15, 0.2) is 0 Å². The van der Waals surface area contributed by atoms with Crippen molar-refractivity contribution in [3.8, 4) is 0 Å². The van der Waals surface area contributed by atoms with Crippen LogP contribution in [0.1, 0.15) is 18.3 Å². The second-order valence-electron chi connectivity index (χ2n) is 4.67. The Morgan fingerprint density at radius 2 is 2.15 bits per heavy atom. The first-order chi connectivity index (χ1) is 9.66. The molecule has 1 heterocycles. The number of aliphatic hydroxyl groups is 1. The van der Waals surface area contributed by atoms with Gasteiger partial charge < -0.3 is 15.0 Å². The summed E-state index contributed by atoms with van der Waals surface area (Å²) in [6, 6.07) is 10.2. The Hall–Kier alpha value is -2.14. The highest BCUT2D eigenvalue weighted by molar-refractivity contribution is 5.79. The molecule has 0 aliphatic heterocycles. The molecule has 0 saturated heterocycles. The molecule has 0 aliphatic carbocycles. The van der Waals surface area contributed by atoms with Crippen LogP contribution in [0.3, 0.4) is 0 Å². The second-order valence-corrected chi connectivity index (χ2v) is 4.67. The van der Waals surface area contributed by atoms with E-state index < -0.39 is 6.10 Å². The van der Waals surface area contributed by atoms with Crippen LogP contribution >= 0.6 is 0 Å². The number of carbonyl (C=O) groups excluding carboxylic acids is 1. The van der Waals surface area contributed by atoms with Gasteiger partial charge in [-0.3, -0.25) is 4.79 Å². The van der Waals surface area contributed by atoms with Crippen LogP contribution in [0.5, 0.6) is 0 Å². The van der Waals surface area contributed by atoms with Crippen LogP contribution in [0.25, 0.3) is 0 Å². The number of amides is 1. The molecule has 1 aromatic heterocycles. The maximum Gasteiger partial charge on any atom is 0.248 e. The lowest BCUT2D eigenvalue weighted by Crippen LogP contribution is -2.32. The van der Waals surface area contributed by atoms with E-state index in [-0.39, 0.29) is 5.91 Å². The molecule has 0 unspecified atom stereocenters. The fraction of sp³-hybridized carbons (Fsp3) is 0.333. The van der Waals surface area contributed by atoms with Crippen molar-refractivity contribution in [2.45, 2.75) is 32.5 Å². The monoisotopic (exact) mass is 273 g/mol. The number of aromatic nitrogens is 2. The molecule has 2 N–H and O–H groups in total. The van der Waals surface area contributed by atoms with Crippen LogP contribution in [0, 0.1) is 0 Å². The highest BCUT2D eigenvalue weighted by Gasteiger charge is 2.09. The van der Waals surface area contributed by atoms with Gasteiger partial charge in [0, 0.05) is 18.9 Å². The largest absolute Gasteiger partial charge is 0.384 e. The summed E-state index contributed by atoms with van der Waals surface area (Å²) in [4.78, 5) is 15.6. The number of hydrogen-bond donors (Lipinski definition) is 2. The molecule has 106 valence electrons. The molecule has 0 saturated carbocycles. The quantitative estimate of drug-likeness (QED) is 0.829. The standard InChI is InChI=1S/C15H19N3O2/c1-12(19)15(20)17-11-14-16-8-10-18(14)9-7-13-5-3-2-4-6-13/h2-6,8,10,12,19H,7,9,11H2,1H3,(H,17,20)/t12-/m0/s1. The zero-order chi connectivity index (χ0) is 14.4. The van der Waals surface area contributed by atoms with Gasteiger partial charge >= 0.3 is 0 Å². The van der Waals surface area contributed by atoms with Crippen molar-refractivity contribution in [2.24, 2.45) is 0 Å². The van der Waals surface area contributed by atoms with Crippen LogP contribution in [0.15, 0.2) is 42.7 Å². The first-order valence-electron chi connectivity index (χ1n) is 6.66. The number of carbonyl (C=O) groups is 1. The topological polar surface area (TPSA) is 67.2 Å². The fourth-order valence-corrected chi connectivity index (χ4v) is 1.92. The van der Waals surface area contributed by atoms with Crippen molar-refractivity contribution < 1.29 is 9.90 Å². The average molecular weight is 273 g/mol. The SMILES string of the molecule is C[C@H](O)C(=O)NCc1nccn1CCc1ccccc1. The summed E-state index contributed by atoms with van der Waals surface area (Å²) in [7, 11) is 0. The first kappa shape index (κ1) is 14.3. The van der Waals surface area contributed by atoms with E-state index in [1.54, 1.807) is 6.20 Å². The van der Waals surface area contributed by atoms with E-state index in [1.807, 2.05) is 29.0 Å². The van der Waals surface area contributed by atoms with E-state index in [0.717, 1.165) is 18.8 Å². The van der Waals surface area contributed by atoms with Crippen LogP contribution in [-0.2, 0) is 24.3 Å². The molecule has 1 atom stereocenters. The molecule has 1 aromatic carbocycles. The highest BCUT2D eigenvalue weighted by Crippen LogP contribution is 2.04. The lowest BCUT2D eigenvalue weighted by atomic mass is 10.1. The third-order valence-electron chi connectivity index (χ3n) is 3.09. The minimum absolute atomic E-state index is 0.325. The van der Waals surface area contributed by atoms with E-state index in [1.165, 1.54) is 12.5 Å². The molecule has 0 spiro atoms. The molecule has 2 aromatic rings. The average Bonchev–Trinajstić information content (AvgIpc) is 2.91. The van der Waals surface area contributed by atoms with E-state index in [0.29, 0.717) is 6.54 Å². The molecule has 5 nitrogen and oxygen atoms in total. The number of nitrogens with one attached hydrogen (secondary N) is 1. The maximum absolute atomic E-state index is 11.3. The van der Waals surface area contributed by atoms with Crippen molar-refractivity contribution in [1.82, 2.24) is 14.9 Å². The van der Waals surface area contributed by atoms with E-state index in [9.17, 15) is 4.79 Å². The summed E-state index contributed by atoms with van der Waals surface area (Å²) in [5.41, 5.74) is 1.26. The second kappa shape index (κ2) is 6.86. The number of rotatable bonds is 6. The molecular formula is C15H19N3O2. The maximum atomic E-state index is 11.3. The molecule has 5 heteroatoms. The van der Waals surface area contributed by atoms with Gasteiger partial charge in [-0.1, -0.05) is 30.3 Å². The van der Waals surface area contributed by atoms with E-state index in [2.05, 4.69) is 22.4 Å². The summed E-state index contributed by atoms with van der Waals surface area (Å²) in [5.74, 6) is 0.401. The summed E-state index contributed by atoms with van der Waals surface area (Å²) < 4.78 is 2.01. The third-order valence-corrected chi connectivity index (χ3v) is 3.09. The van der Waals surface area contributed by atoms with Crippen molar-refractivity contribution in [3.05, 3.63) is 54.1 Å². The van der Waals surface area contributed by atoms with Crippen molar-refractivity contribution in [2.75, 3.05) is 0 Å². The normalized spacial score (nSPS) is 12.1. The molecule has 2 rings (SSSR count). The Morgan fingerprint density at radius 3 is 2.85 bits per heavy atom. The number of imidazole rings is 1. The van der Waals surface area contributed by atoms with Crippen LogP contribution in [0.2, 0.25) is 0 Å². The Balaban J connectivity index is 1.90. The van der Waals surface area contributed by atoms with Gasteiger partial charge in [-0.2, -0.15) is 0 Å². The van der Waals surface area contributed by atoms with Gasteiger partial charge in [-0.05, 0) is 18.9 Å². The third kappa shape index (κ3) is 3.93. The lowest BCUT2D eigenvalue weighted by molar-refractivity contribution is -0.128. The number of hydrogen-bond acceptors (Lipinski definition) is 3. The first-order valence-corrected chi connectivity index (χ1v) is 6.66. The molecule has 1 amide bonds. The molecule has 0 aliphatic rings. The molecule has 0 radical (unpaired) electrons. The van der Waals surface area contributed by atoms with Crippen molar-refractivity contribution in [3.63, 3.8) is 0 Å². The molecule has 0 bridgehead atoms. The fourth-order valence-electron chi connectivity index (χ4n) is 1.92. The van der Waals surface area contributed by atoms with Gasteiger partial charge in [-0.25, -0.2) is 4.98 Å². The van der Waals surface area contributed by atoms with Crippen LogP contribution in [0.4, 0.5) is 0 Å². The van der Waals surface area contributed by atoms with Gasteiger partial charge in [0.25, 0.3) is 0 Å². The summed E-state index contributed by atoms with van der Waals surface area (Å²) >= 11 is 0. The Bertz CT molecular complexity index is 549. The van der Waals surface area contributed by atoms with Gasteiger partial charge in [-0.15, -0.1) is 0 Å². The lowest BCUT2D eigenvalue weighted by Gasteiger charge is -2.10. The number of benzene rings is 1. The minimum Gasteiger partial charge on any atom is -0.384 e. The summed E-state index contributed by atoms with van der Waals surface area (Å²) in [6.07, 6.45) is 3.53. The molecule has 20 heavy (non-hydrogen) atoms. The van der Waals surface area contributed by atoms with Gasteiger partial charge in [0.1, 0.15) is 11.9 Å². The number of aryl methyl sites for hydroxylation is 2. The van der Waals surface area contributed by atoms with Crippen LogP contribution in [-0.4, -0.2) is 26.7 Å². The minimum atomic E-state index is -0.997. The zero-order valence-corrected chi connectivity index (χ0v) is 11.5. The predicted molar refractivity (Wildman–Crippen MR) is 75.9 cm³/mol. The van der Waals surface area contributed by atoms with Crippen molar-refractivity contribution >= 4 is 5.91 Å². The summed E-state index contributed by atoms with van der Waals surface area (Å²) in [6.45, 7) is 2.58. The van der Waals surface area contributed by atoms with Crippen molar-refractivity contribution in [1.29, 1.82) is 0 Å². The zero-order valence-electron chi connectivity index (χ0n) is 11.5. The van der Waals surface area contributed by atoms with E-state index in [4.69, 9.17) is 5.11 Å². The van der Waals surface area contributed by atoms with Gasteiger partial charge in [0.05, 0.1) is 6.54 Å². The summed E-state index contributed by atoms with van der Waals surface area (Å²) in [5, 5.41) is 11.8. The smallest absolute Gasteiger partial charge is 0.248 e. The van der Waals surface area contributed by atoms with Crippen LogP contribution < -0.4 is 5.32 Å². The predicted octanol–water partition coefficient (Wildman–Crippen LogP) is 1.12. The highest BCUT2D eigenvalue weighted by atomic mass is 16.3. The number of aliphatic hydroxyl groups excluding tert-OH is 1. The molecule has 0 fully saturated rings. The Labute approximate surface area is 118 Å². The Kier molecular flexibility index (Phi) is 4.90. The Morgan fingerprint density at radius 1 is 1.40 bits per heavy atom.